The Hall–Kier alpha value is -1.18. The van der Waals surface area contributed by atoms with Crippen molar-refractivity contribution in [1.29, 1.82) is 0 Å². The monoisotopic (exact) mass is 243 g/mol. The first-order chi connectivity index (χ1) is 6.62. The fraction of sp³-hybridized carbons (Fsp3) is 0.286. The van der Waals surface area contributed by atoms with Gasteiger partial charge in [0.1, 0.15) is 10.6 Å². The van der Waals surface area contributed by atoms with Gasteiger partial charge in [-0.15, -0.1) is 3.89 Å². The molecule has 1 rings (SSSR count). The van der Waals surface area contributed by atoms with Gasteiger partial charge >= 0.3 is 16.4 Å². The number of halogens is 4. The molecule has 1 heterocycles. The molecule has 1 aromatic heterocycles. The number of pyridine rings is 1. The van der Waals surface area contributed by atoms with Crippen molar-refractivity contribution in [3.05, 3.63) is 23.5 Å². The van der Waals surface area contributed by atoms with E-state index in [1.54, 1.807) is 0 Å². The van der Waals surface area contributed by atoms with Crippen LogP contribution in [0.15, 0.2) is 17.2 Å². The van der Waals surface area contributed by atoms with Crippen LogP contribution in [0.5, 0.6) is 0 Å². The molecule has 15 heavy (non-hydrogen) atoms. The molecule has 0 spiro atoms. The highest BCUT2D eigenvalue weighted by Gasteiger charge is 2.34. The zero-order chi connectivity index (χ0) is 11.9. The Kier molecular flexibility index (Phi) is 2.73. The van der Waals surface area contributed by atoms with Gasteiger partial charge in [-0.2, -0.15) is 21.6 Å². The van der Waals surface area contributed by atoms with Crippen molar-refractivity contribution < 1.29 is 25.5 Å². The van der Waals surface area contributed by atoms with Gasteiger partial charge in [0.25, 0.3) is 0 Å². The van der Waals surface area contributed by atoms with Gasteiger partial charge < -0.3 is 0 Å². The third kappa shape index (κ3) is 2.65. The fourth-order valence-electron chi connectivity index (χ4n) is 0.979. The Morgan fingerprint density at radius 3 is 2.20 bits per heavy atom. The minimum atomic E-state index is -5.02. The Balaban J connectivity index is 3.34. The predicted octanol–water partition coefficient (Wildman–Crippen LogP) is 2.07. The van der Waals surface area contributed by atoms with Gasteiger partial charge in [0.05, 0.1) is 0 Å². The topological polar surface area (TPSA) is 47.0 Å². The molecule has 0 radical (unpaired) electrons. The van der Waals surface area contributed by atoms with Crippen LogP contribution in [0.25, 0.3) is 0 Å². The van der Waals surface area contributed by atoms with E-state index in [1.165, 1.54) is 0 Å². The zero-order valence-electron chi connectivity index (χ0n) is 7.34. The maximum Gasteiger partial charge on any atom is 0.433 e. The maximum absolute atomic E-state index is 12.4. The summed E-state index contributed by atoms with van der Waals surface area (Å²) in [6.07, 6.45) is -4.34. The molecule has 0 saturated heterocycles. The number of alkyl halides is 3. The van der Waals surface area contributed by atoms with E-state index in [0.717, 1.165) is 6.92 Å². The Morgan fingerprint density at radius 1 is 1.33 bits per heavy atom. The summed E-state index contributed by atoms with van der Waals surface area (Å²) in [5, 5.41) is 0. The standard InChI is InChI=1S/C7H5F4NO2S/c1-4-2-5(15(11,13)14)3-12-6(4)7(8,9)10/h2-3H,1H3. The van der Waals surface area contributed by atoms with Crippen molar-refractivity contribution in [2.75, 3.05) is 0 Å². The molecule has 0 atom stereocenters. The first kappa shape index (κ1) is 11.9. The summed E-state index contributed by atoms with van der Waals surface area (Å²) >= 11 is 0. The van der Waals surface area contributed by atoms with Gasteiger partial charge in [-0.3, -0.25) is 4.98 Å². The van der Waals surface area contributed by atoms with Crippen LogP contribution in [-0.2, 0) is 16.4 Å². The molecule has 0 fully saturated rings. The third-order valence-corrected chi connectivity index (χ3v) is 2.39. The highest BCUT2D eigenvalue weighted by Crippen LogP contribution is 2.30. The molecule has 8 heteroatoms. The van der Waals surface area contributed by atoms with E-state index < -0.39 is 32.6 Å². The van der Waals surface area contributed by atoms with E-state index >= 15 is 0 Å². The van der Waals surface area contributed by atoms with Gasteiger partial charge in [-0.1, -0.05) is 0 Å². The van der Waals surface area contributed by atoms with E-state index in [-0.39, 0.29) is 0 Å². The van der Waals surface area contributed by atoms with Crippen LogP contribution < -0.4 is 0 Å². The average molecular weight is 243 g/mol. The predicted molar refractivity (Wildman–Crippen MR) is 42.3 cm³/mol. The molecule has 0 N–H and O–H groups in total. The fourth-order valence-corrected chi connectivity index (χ4v) is 1.48. The molecule has 0 aliphatic heterocycles. The van der Waals surface area contributed by atoms with Crippen molar-refractivity contribution in [3.8, 4) is 0 Å². The summed E-state index contributed by atoms with van der Waals surface area (Å²) in [5.41, 5.74) is -1.67. The molecule has 0 unspecified atom stereocenters. The second-order valence-corrected chi connectivity index (χ2v) is 4.12. The minimum Gasteiger partial charge on any atom is -0.250 e. The van der Waals surface area contributed by atoms with Crippen molar-refractivity contribution in [2.45, 2.75) is 18.0 Å². The van der Waals surface area contributed by atoms with Crippen LogP contribution in [0.3, 0.4) is 0 Å². The Bertz CT molecular complexity index is 480. The van der Waals surface area contributed by atoms with Gasteiger partial charge in [-0.05, 0) is 18.6 Å². The van der Waals surface area contributed by atoms with Gasteiger partial charge in [0.15, 0.2) is 0 Å². The maximum atomic E-state index is 12.4. The summed E-state index contributed by atoms with van der Waals surface area (Å²) in [5.74, 6) is 0. The number of hydrogen-bond acceptors (Lipinski definition) is 3. The first-order valence-electron chi connectivity index (χ1n) is 3.61. The average Bonchev–Trinajstić information content (AvgIpc) is 1.99. The first-order valence-corrected chi connectivity index (χ1v) is 4.99. The van der Waals surface area contributed by atoms with E-state index in [2.05, 4.69) is 4.98 Å². The summed E-state index contributed by atoms with van der Waals surface area (Å²) in [7, 11) is -5.02. The number of nitrogens with zero attached hydrogens (tertiary/aromatic N) is 1. The largest absolute Gasteiger partial charge is 0.433 e. The van der Waals surface area contributed by atoms with Crippen molar-refractivity contribution in [3.63, 3.8) is 0 Å². The molecule has 0 bridgehead atoms. The van der Waals surface area contributed by atoms with Crippen molar-refractivity contribution in [2.24, 2.45) is 0 Å². The molecule has 1 aromatic rings. The zero-order valence-corrected chi connectivity index (χ0v) is 8.16. The molecular formula is C7H5F4NO2S. The van der Waals surface area contributed by atoms with Crippen LogP contribution in [0, 0.1) is 6.92 Å². The van der Waals surface area contributed by atoms with Gasteiger partial charge in [0, 0.05) is 6.20 Å². The van der Waals surface area contributed by atoms with E-state index in [0.29, 0.717) is 12.3 Å². The lowest BCUT2D eigenvalue weighted by Crippen LogP contribution is -2.11. The van der Waals surface area contributed by atoms with Crippen molar-refractivity contribution >= 4 is 10.2 Å². The molecule has 0 aliphatic carbocycles. The number of rotatable bonds is 1. The highest BCUT2D eigenvalue weighted by molar-refractivity contribution is 7.86. The van der Waals surface area contributed by atoms with Crippen LogP contribution in [0.2, 0.25) is 0 Å². The summed E-state index contributed by atoms with van der Waals surface area (Å²) in [4.78, 5) is 1.99. The second-order valence-electron chi connectivity index (χ2n) is 2.77. The van der Waals surface area contributed by atoms with E-state index in [9.17, 15) is 25.5 Å². The van der Waals surface area contributed by atoms with E-state index in [4.69, 9.17) is 0 Å². The van der Waals surface area contributed by atoms with Crippen molar-refractivity contribution in [1.82, 2.24) is 4.98 Å². The second kappa shape index (κ2) is 3.44. The number of aromatic nitrogens is 1. The summed E-state index contributed by atoms with van der Waals surface area (Å²) in [6.45, 7) is 1.00. The van der Waals surface area contributed by atoms with Gasteiger partial charge in [0.2, 0.25) is 0 Å². The van der Waals surface area contributed by atoms with Crippen LogP contribution in [0.4, 0.5) is 17.1 Å². The smallest absolute Gasteiger partial charge is 0.250 e. The number of hydrogen-bond donors (Lipinski definition) is 0. The van der Waals surface area contributed by atoms with E-state index in [1.807, 2.05) is 0 Å². The summed E-state index contributed by atoms with van der Waals surface area (Å²) < 4.78 is 69.6. The Morgan fingerprint density at radius 2 is 1.87 bits per heavy atom. The lowest BCUT2D eigenvalue weighted by atomic mass is 10.2. The molecule has 0 aromatic carbocycles. The highest BCUT2D eigenvalue weighted by atomic mass is 32.3. The van der Waals surface area contributed by atoms with Gasteiger partial charge in [-0.25, -0.2) is 0 Å². The summed E-state index contributed by atoms with van der Waals surface area (Å²) in [6, 6.07) is 0.588. The normalized spacial score (nSPS) is 12.9. The SMILES string of the molecule is Cc1cc(S(=O)(=O)F)cnc1C(F)(F)F. The molecule has 0 aliphatic rings. The molecular weight excluding hydrogens is 238 g/mol. The molecule has 3 nitrogen and oxygen atoms in total. The van der Waals surface area contributed by atoms with Crippen LogP contribution in [-0.4, -0.2) is 13.4 Å². The molecule has 84 valence electrons. The quantitative estimate of drug-likeness (QED) is 0.560. The molecule has 0 amide bonds. The number of aryl methyl sites for hydroxylation is 1. The molecule has 0 saturated carbocycles. The lowest BCUT2D eigenvalue weighted by Gasteiger charge is -2.08. The van der Waals surface area contributed by atoms with Crippen LogP contribution >= 0.6 is 0 Å². The van der Waals surface area contributed by atoms with Crippen LogP contribution in [0.1, 0.15) is 11.3 Å². The minimum absolute atomic E-state index is 0.338. The third-order valence-electron chi connectivity index (χ3n) is 1.60. The Labute approximate surface area is 83.0 Å². The lowest BCUT2D eigenvalue weighted by molar-refractivity contribution is -0.141.